The fourth-order valence-electron chi connectivity index (χ4n) is 1.96. The van der Waals surface area contributed by atoms with Crippen molar-refractivity contribution in [2.24, 2.45) is 0 Å². The highest BCUT2D eigenvalue weighted by molar-refractivity contribution is 7.17. The molecule has 4 heteroatoms. The van der Waals surface area contributed by atoms with Crippen LogP contribution in [0.5, 0.6) is 0 Å². The van der Waals surface area contributed by atoms with Crippen LogP contribution in [0.15, 0.2) is 47.8 Å². The van der Waals surface area contributed by atoms with Gasteiger partial charge in [-0.05, 0) is 41.1 Å². The highest BCUT2D eigenvalue weighted by Gasteiger charge is 2.05. The molecule has 0 aliphatic carbocycles. The van der Waals surface area contributed by atoms with E-state index in [1.807, 2.05) is 6.07 Å². The molecule has 1 aromatic heterocycles. The van der Waals surface area contributed by atoms with Gasteiger partial charge in [-0.15, -0.1) is 11.3 Å². The number of rotatable bonds is 3. The molecule has 1 nitrogen and oxygen atoms in total. The van der Waals surface area contributed by atoms with Crippen molar-refractivity contribution in [3.8, 4) is 0 Å². The quantitative estimate of drug-likeness (QED) is 0.690. The van der Waals surface area contributed by atoms with Crippen LogP contribution < -0.4 is 5.32 Å². The molecule has 0 radical (unpaired) electrons. The molecule has 0 spiro atoms. The van der Waals surface area contributed by atoms with Crippen molar-refractivity contribution in [2.75, 3.05) is 5.32 Å². The van der Waals surface area contributed by atoms with E-state index in [2.05, 4.69) is 28.9 Å². The molecular formula is C15H11ClFNS. The lowest BCUT2D eigenvalue weighted by Crippen LogP contribution is -2.01. The monoisotopic (exact) mass is 291 g/mol. The van der Waals surface area contributed by atoms with E-state index >= 15 is 0 Å². The smallest absolute Gasteiger partial charge is 0.146 e. The number of fused-ring (bicyclic) bond motifs is 1. The lowest BCUT2D eigenvalue weighted by molar-refractivity contribution is 0.613. The van der Waals surface area contributed by atoms with Gasteiger partial charge in [-0.2, -0.15) is 0 Å². The maximum Gasteiger partial charge on any atom is 0.146 e. The third-order valence-electron chi connectivity index (χ3n) is 2.97. The summed E-state index contributed by atoms with van der Waals surface area (Å²) in [6.07, 6.45) is 0. The average Bonchev–Trinajstić information content (AvgIpc) is 2.88. The number of nitrogens with one attached hydrogen (secondary N) is 1. The molecular weight excluding hydrogens is 281 g/mol. The highest BCUT2D eigenvalue weighted by Crippen LogP contribution is 2.25. The largest absolute Gasteiger partial charge is 0.381 e. The Bertz CT molecular complexity index is 723. The number of benzene rings is 2. The van der Waals surface area contributed by atoms with Gasteiger partial charge in [-0.3, -0.25) is 0 Å². The Balaban J connectivity index is 1.80. The predicted octanol–water partition coefficient (Wildman–Crippen LogP) is 5.31. The van der Waals surface area contributed by atoms with E-state index in [-0.39, 0.29) is 10.8 Å². The minimum absolute atomic E-state index is 0.160. The second kappa shape index (κ2) is 5.19. The zero-order chi connectivity index (χ0) is 13.2. The summed E-state index contributed by atoms with van der Waals surface area (Å²) in [7, 11) is 0. The average molecular weight is 292 g/mol. The molecule has 0 saturated heterocycles. The van der Waals surface area contributed by atoms with E-state index in [1.54, 1.807) is 29.5 Å². The summed E-state index contributed by atoms with van der Waals surface area (Å²) >= 11 is 7.47. The van der Waals surface area contributed by atoms with E-state index in [0.29, 0.717) is 12.1 Å². The van der Waals surface area contributed by atoms with Gasteiger partial charge in [0.2, 0.25) is 0 Å². The summed E-state index contributed by atoms with van der Waals surface area (Å²) in [6, 6.07) is 13.2. The van der Waals surface area contributed by atoms with Crippen LogP contribution in [0.25, 0.3) is 10.1 Å². The molecule has 0 fully saturated rings. The summed E-state index contributed by atoms with van der Waals surface area (Å²) < 4.78 is 15.0. The lowest BCUT2D eigenvalue weighted by atomic mass is 10.2. The molecule has 0 saturated carbocycles. The molecule has 3 aromatic rings. The van der Waals surface area contributed by atoms with E-state index in [4.69, 9.17) is 11.6 Å². The summed E-state index contributed by atoms with van der Waals surface area (Å²) in [6.45, 7) is 0.419. The number of hydrogen-bond acceptors (Lipinski definition) is 2. The van der Waals surface area contributed by atoms with E-state index in [1.165, 1.54) is 10.1 Å². The maximum absolute atomic E-state index is 13.7. The first kappa shape index (κ1) is 12.5. The molecule has 0 bridgehead atoms. The Labute approximate surface area is 119 Å². The van der Waals surface area contributed by atoms with Crippen molar-refractivity contribution < 1.29 is 4.39 Å². The van der Waals surface area contributed by atoms with Crippen LogP contribution in [0.4, 0.5) is 10.1 Å². The summed E-state index contributed by atoms with van der Waals surface area (Å²) in [5.41, 5.74) is 1.54. The van der Waals surface area contributed by atoms with Crippen molar-refractivity contribution in [1.82, 2.24) is 0 Å². The van der Waals surface area contributed by atoms with Gasteiger partial charge in [-0.1, -0.05) is 23.7 Å². The van der Waals surface area contributed by atoms with Gasteiger partial charge < -0.3 is 5.32 Å². The van der Waals surface area contributed by atoms with Gasteiger partial charge in [0.15, 0.2) is 0 Å². The molecule has 3 rings (SSSR count). The Morgan fingerprint density at radius 3 is 2.95 bits per heavy atom. The van der Waals surface area contributed by atoms with Gasteiger partial charge in [0.25, 0.3) is 0 Å². The Morgan fingerprint density at radius 1 is 1.16 bits per heavy atom. The van der Waals surface area contributed by atoms with E-state index in [0.717, 1.165) is 5.69 Å². The fraction of sp³-hybridized carbons (Fsp3) is 0.0667. The van der Waals surface area contributed by atoms with Gasteiger partial charge in [0, 0.05) is 22.5 Å². The van der Waals surface area contributed by atoms with Crippen LogP contribution >= 0.6 is 22.9 Å². The van der Waals surface area contributed by atoms with Crippen LogP contribution in [0.3, 0.4) is 0 Å². The second-order valence-corrected chi connectivity index (χ2v) is 5.59. The van der Waals surface area contributed by atoms with Crippen molar-refractivity contribution in [1.29, 1.82) is 0 Å². The highest BCUT2D eigenvalue weighted by atomic mass is 35.5. The third-order valence-corrected chi connectivity index (χ3v) is 4.16. The third kappa shape index (κ3) is 2.57. The van der Waals surface area contributed by atoms with Gasteiger partial charge >= 0.3 is 0 Å². The van der Waals surface area contributed by atoms with Crippen LogP contribution in [-0.2, 0) is 6.54 Å². The predicted molar refractivity (Wildman–Crippen MR) is 80.6 cm³/mol. The van der Waals surface area contributed by atoms with Gasteiger partial charge in [0.1, 0.15) is 5.82 Å². The Hall–Kier alpha value is -1.58. The Morgan fingerprint density at radius 2 is 2.05 bits per heavy atom. The van der Waals surface area contributed by atoms with Crippen LogP contribution in [0.1, 0.15) is 5.56 Å². The molecule has 0 atom stereocenters. The van der Waals surface area contributed by atoms with E-state index < -0.39 is 0 Å². The van der Waals surface area contributed by atoms with Crippen molar-refractivity contribution >= 4 is 38.7 Å². The molecule has 1 heterocycles. The minimum Gasteiger partial charge on any atom is -0.381 e. The molecule has 2 aromatic carbocycles. The normalized spacial score (nSPS) is 10.8. The van der Waals surface area contributed by atoms with Gasteiger partial charge in [-0.25, -0.2) is 4.39 Å². The van der Waals surface area contributed by atoms with Crippen LogP contribution in [0.2, 0.25) is 5.02 Å². The fourth-order valence-corrected chi connectivity index (χ4v) is 2.92. The summed E-state index contributed by atoms with van der Waals surface area (Å²) in [5.74, 6) is -0.353. The first-order chi connectivity index (χ1) is 9.24. The van der Waals surface area contributed by atoms with Crippen molar-refractivity contribution in [3.63, 3.8) is 0 Å². The van der Waals surface area contributed by atoms with Crippen molar-refractivity contribution in [3.05, 3.63) is 64.2 Å². The van der Waals surface area contributed by atoms with Gasteiger partial charge in [0.05, 0.1) is 5.02 Å². The van der Waals surface area contributed by atoms with Crippen LogP contribution in [-0.4, -0.2) is 0 Å². The molecule has 0 unspecified atom stereocenters. The number of thiophene rings is 1. The maximum atomic E-state index is 13.7. The first-order valence-corrected chi connectivity index (χ1v) is 7.14. The summed E-state index contributed by atoms with van der Waals surface area (Å²) in [5, 5.41) is 6.63. The SMILES string of the molecule is Fc1c(Cl)cccc1CNc1ccc2sccc2c1. The van der Waals surface area contributed by atoms with Crippen molar-refractivity contribution in [2.45, 2.75) is 6.54 Å². The molecule has 19 heavy (non-hydrogen) atoms. The number of anilines is 1. The first-order valence-electron chi connectivity index (χ1n) is 5.88. The zero-order valence-electron chi connectivity index (χ0n) is 9.99. The minimum atomic E-state index is -0.353. The van der Waals surface area contributed by atoms with E-state index in [9.17, 15) is 4.39 Å². The molecule has 0 aliphatic heterocycles. The molecule has 1 N–H and O–H groups in total. The number of halogens is 2. The second-order valence-electron chi connectivity index (χ2n) is 4.24. The topological polar surface area (TPSA) is 12.0 Å². The summed E-state index contributed by atoms with van der Waals surface area (Å²) in [4.78, 5) is 0. The molecule has 0 amide bonds. The molecule has 96 valence electrons. The zero-order valence-corrected chi connectivity index (χ0v) is 11.6. The Kier molecular flexibility index (Phi) is 3.40. The number of hydrogen-bond donors (Lipinski definition) is 1. The molecule has 0 aliphatic rings. The lowest BCUT2D eigenvalue weighted by Gasteiger charge is -2.08. The standard InChI is InChI=1S/C15H11ClFNS/c16-13-3-1-2-11(15(13)17)9-18-12-4-5-14-10(8-12)6-7-19-14/h1-8,18H,9H2. The van der Waals surface area contributed by atoms with Crippen LogP contribution in [0, 0.1) is 5.82 Å².